The van der Waals surface area contributed by atoms with Gasteiger partial charge in [-0.05, 0) is 18.6 Å². The minimum Gasteiger partial charge on any atom is -0.342 e. The number of sulfonamides is 1. The molecular weight excluding hydrogens is 463 g/mol. The van der Waals surface area contributed by atoms with Gasteiger partial charge in [-0.3, -0.25) is 9.59 Å². The first kappa shape index (κ1) is 22.0. The number of H-pyrrole nitrogens is 1. The fourth-order valence-corrected chi connectivity index (χ4v) is 4.03. The summed E-state index contributed by atoms with van der Waals surface area (Å²) in [5, 5.41) is 2.84. The predicted octanol–water partition coefficient (Wildman–Crippen LogP) is 2.13. The molecular formula is C20H12F3N5O4S. The number of nitrogens with one attached hydrogen (secondary N) is 2. The molecule has 4 aromatic rings. The standard InChI is InChI=1S/C20H12F3N5O4S/c1-11-14(18(29)27-33(31,32)13-9-5-6-10-24-13)19(30)28-17(25-11)15(12-7-3-2-4-8-12)16(26-28)20(21,22)23/h2-4,7-10,25H,1H3,(H,27,29). The van der Waals surface area contributed by atoms with Gasteiger partial charge in [0, 0.05) is 11.8 Å². The van der Waals surface area contributed by atoms with Crippen molar-refractivity contribution >= 4 is 21.6 Å². The number of aryl methyl sites for hydroxylation is 1. The fraction of sp³-hybridized carbons (Fsp3) is 0.100. The number of nitrogens with zero attached hydrogens (tertiary/aromatic N) is 3. The van der Waals surface area contributed by atoms with E-state index in [9.17, 15) is 31.2 Å². The van der Waals surface area contributed by atoms with Gasteiger partial charge in [0.15, 0.2) is 10.7 Å². The number of halogens is 3. The highest BCUT2D eigenvalue weighted by Crippen LogP contribution is 2.38. The fourth-order valence-electron chi connectivity index (χ4n) is 3.18. The summed E-state index contributed by atoms with van der Waals surface area (Å²) in [7, 11) is -4.49. The minimum absolute atomic E-state index is 0.137. The van der Waals surface area contributed by atoms with Gasteiger partial charge in [-0.25, -0.2) is 9.71 Å². The van der Waals surface area contributed by atoms with E-state index >= 15 is 0 Å². The second kappa shape index (κ2) is 7.75. The Morgan fingerprint density at radius 3 is 2.48 bits per heavy atom. The molecule has 1 aromatic carbocycles. The molecule has 0 atom stereocenters. The van der Waals surface area contributed by atoms with Crippen LogP contribution in [0.2, 0.25) is 0 Å². The van der Waals surface area contributed by atoms with Gasteiger partial charge in [-0.1, -0.05) is 36.4 Å². The van der Waals surface area contributed by atoms with Crippen molar-refractivity contribution in [2.45, 2.75) is 18.1 Å². The minimum atomic E-state index is -4.91. The Balaban J connectivity index is 1.89. The lowest BCUT2D eigenvalue weighted by atomic mass is 10.1. The second-order valence-corrected chi connectivity index (χ2v) is 8.37. The molecule has 13 heteroatoms. The number of benzene rings is 1. The van der Waals surface area contributed by atoms with Gasteiger partial charge in [0.2, 0.25) is 0 Å². The van der Waals surface area contributed by atoms with Gasteiger partial charge in [0.25, 0.3) is 21.5 Å². The number of alkyl halides is 3. The summed E-state index contributed by atoms with van der Waals surface area (Å²) in [6, 6.07) is 13.2. The Morgan fingerprint density at radius 2 is 1.88 bits per heavy atom. The van der Waals surface area contributed by atoms with Crippen LogP contribution in [-0.2, 0) is 16.2 Å². The molecule has 0 aliphatic carbocycles. The van der Waals surface area contributed by atoms with Crippen LogP contribution in [0.1, 0.15) is 21.7 Å². The highest BCUT2D eigenvalue weighted by atomic mass is 32.2. The quantitative estimate of drug-likeness (QED) is 0.466. The van der Waals surface area contributed by atoms with E-state index in [4.69, 9.17) is 0 Å². The van der Waals surface area contributed by atoms with Crippen molar-refractivity contribution in [1.29, 1.82) is 0 Å². The van der Waals surface area contributed by atoms with Crippen molar-refractivity contribution in [1.82, 2.24) is 24.3 Å². The highest BCUT2D eigenvalue weighted by Gasteiger charge is 2.39. The van der Waals surface area contributed by atoms with Crippen molar-refractivity contribution < 1.29 is 26.4 Å². The maximum Gasteiger partial charge on any atom is 0.435 e. The van der Waals surface area contributed by atoms with Crippen LogP contribution in [0.4, 0.5) is 13.2 Å². The number of carbonyl (C=O) groups excluding carboxylic acids is 1. The molecule has 0 radical (unpaired) electrons. The van der Waals surface area contributed by atoms with Crippen molar-refractivity contribution in [3.05, 3.63) is 82.0 Å². The molecule has 0 saturated heterocycles. The van der Waals surface area contributed by atoms with E-state index in [1.165, 1.54) is 31.2 Å². The summed E-state index contributed by atoms with van der Waals surface area (Å²) in [6.07, 6.45) is -3.90. The lowest BCUT2D eigenvalue weighted by molar-refractivity contribution is -0.140. The SMILES string of the molecule is Cc1[nH]c2c(-c3ccccc3)c(C(F)(F)F)nn2c(=O)c1C(=O)NS(=O)(=O)c1cc#ccn1. The van der Waals surface area contributed by atoms with Crippen molar-refractivity contribution in [2.24, 2.45) is 0 Å². The Bertz CT molecular complexity index is 1530. The van der Waals surface area contributed by atoms with Gasteiger partial charge in [0.1, 0.15) is 11.2 Å². The lowest BCUT2D eigenvalue weighted by Gasteiger charge is -2.09. The molecule has 0 spiro atoms. The Hall–Kier alpha value is -4.18. The van der Waals surface area contributed by atoms with Crippen LogP contribution in [0.25, 0.3) is 16.8 Å². The summed E-state index contributed by atoms with van der Waals surface area (Å²) in [4.78, 5) is 31.8. The van der Waals surface area contributed by atoms with Crippen LogP contribution >= 0.6 is 0 Å². The van der Waals surface area contributed by atoms with Gasteiger partial charge in [0.05, 0.1) is 11.8 Å². The third-order valence-corrected chi connectivity index (χ3v) is 5.80. The van der Waals surface area contributed by atoms with Crippen LogP contribution in [0.3, 0.4) is 0 Å². The van der Waals surface area contributed by atoms with Gasteiger partial charge in [-0.2, -0.15) is 31.2 Å². The normalized spacial score (nSPS) is 11.9. The van der Waals surface area contributed by atoms with E-state index in [0.29, 0.717) is 4.52 Å². The molecule has 0 fully saturated rings. The third-order valence-electron chi connectivity index (χ3n) is 4.57. The molecule has 0 saturated carbocycles. The first-order chi connectivity index (χ1) is 15.5. The number of hydrogen-bond donors (Lipinski definition) is 2. The number of aromatic nitrogens is 4. The van der Waals surface area contributed by atoms with Crippen molar-refractivity contribution in [3.63, 3.8) is 0 Å². The van der Waals surface area contributed by atoms with Crippen molar-refractivity contribution in [2.75, 3.05) is 0 Å². The molecule has 3 aromatic heterocycles. The molecule has 2 N–H and O–H groups in total. The van der Waals surface area contributed by atoms with E-state index < -0.39 is 43.9 Å². The topological polar surface area (TPSA) is 126 Å². The Morgan fingerprint density at radius 1 is 1.18 bits per heavy atom. The van der Waals surface area contributed by atoms with Gasteiger partial charge in [-0.15, -0.1) is 0 Å². The molecule has 0 unspecified atom stereocenters. The number of hydrogen-bond acceptors (Lipinski definition) is 6. The van der Waals surface area contributed by atoms with E-state index in [2.05, 4.69) is 27.2 Å². The number of rotatable bonds is 4. The average molecular weight is 475 g/mol. The molecule has 3 heterocycles. The summed E-state index contributed by atoms with van der Waals surface area (Å²) in [6.45, 7) is 1.25. The highest BCUT2D eigenvalue weighted by molar-refractivity contribution is 7.90. The molecule has 33 heavy (non-hydrogen) atoms. The molecule has 0 aliphatic rings. The number of fused-ring (bicyclic) bond motifs is 1. The van der Waals surface area contributed by atoms with Crippen LogP contribution in [0.5, 0.6) is 0 Å². The number of aromatic amines is 1. The van der Waals surface area contributed by atoms with Crippen LogP contribution < -0.4 is 10.3 Å². The third kappa shape index (κ3) is 3.92. The van der Waals surface area contributed by atoms with E-state index in [-0.39, 0.29) is 22.5 Å². The molecule has 1 amide bonds. The Labute approximate surface area is 184 Å². The zero-order valence-corrected chi connectivity index (χ0v) is 17.4. The maximum absolute atomic E-state index is 13.7. The van der Waals surface area contributed by atoms with E-state index in [0.717, 1.165) is 12.3 Å². The first-order valence-corrected chi connectivity index (χ1v) is 10.6. The number of amides is 1. The summed E-state index contributed by atoms with van der Waals surface area (Å²) in [5.41, 5.74) is -4.01. The summed E-state index contributed by atoms with van der Waals surface area (Å²) in [5.74, 6) is -1.37. The van der Waals surface area contributed by atoms with Crippen molar-refractivity contribution in [3.8, 4) is 11.1 Å². The van der Waals surface area contributed by atoms with Gasteiger partial charge >= 0.3 is 6.18 Å². The van der Waals surface area contributed by atoms with Gasteiger partial charge < -0.3 is 4.98 Å². The molecule has 4 rings (SSSR count). The first-order valence-electron chi connectivity index (χ1n) is 9.10. The zero-order valence-electron chi connectivity index (χ0n) is 16.6. The van der Waals surface area contributed by atoms with Crippen LogP contribution in [-0.4, -0.2) is 33.9 Å². The summed E-state index contributed by atoms with van der Waals surface area (Å²) < 4.78 is 67.9. The van der Waals surface area contributed by atoms with E-state index in [1.807, 2.05) is 0 Å². The lowest BCUT2D eigenvalue weighted by Crippen LogP contribution is -2.37. The average Bonchev–Trinajstić information content (AvgIpc) is 3.15. The zero-order chi connectivity index (χ0) is 24.0. The monoisotopic (exact) mass is 475 g/mol. The smallest absolute Gasteiger partial charge is 0.342 e. The van der Waals surface area contributed by atoms with E-state index in [1.54, 1.807) is 10.8 Å². The molecule has 0 aliphatic heterocycles. The molecule has 0 bridgehead atoms. The second-order valence-electron chi connectivity index (χ2n) is 6.74. The largest absolute Gasteiger partial charge is 0.435 e. The summed E-state index contributed by atoms with van der Waals surface area (Å²) >= 11 is 0. The van der Waals surface area contributed by atoms with Crippen LogP contribution in [0, 0.1) is 19.1 Å². The predicted molar refractivity (Wildman–Crippen MR) is 108 cm³/mol. The van der Waals surface area contributed by atoms with Crippen LogP contribution in [0.15, 0.2) is 52.4 Å². The Kier molecular flexibility index (Phi) is 5.17. The molecule has 168 valence electrons. The maximum atomic E-state index is 13.7. The number of carbonyl (C=O) groups is 1. The molecule has 9 nitrogen and oxygen atoms in total.